The van der Waals surface area contributed by atoms with Crippen LogP contribution < -0.4 is 20.7 Å². The van der Waals surface area contributed by atoms with Gasteiger partial charge in [-0.1, -0.05) is 0 Å². The number of aromatic nitrogens is 2. The second kappa shape index (κ2) is 12.6. The molecular formula is C31H32N2O7Te. The zero-order valence-electron chi connectivity index (χ0n) is 22.9. The quantitative estimate of drug-likeness (QED) is 0.197. The van der Waals surface area contributed by atoms with Crippen LogP contribution in [-0.4, -0.2) is 68.6 Å². The van der Waals surface area contributed by atoms with Crippen molar-refractivity contribution in [3.05, 3.63) is 129 Å². The Bertz CT molecular complexity index is 1510. The summed E-state index contributed by atoms with van der Waals surface area (Å²) in [5.41, 5.74) is 0.469. The number of aliphatic hydroxyl groups is 1. The first kappa shape index (κ1) is 29.1. The summed E-state index contributed by atoms with van der Waals surface area (Å²) in [6, 6.07) is 26.6. The van der Waals surface area contributed by atoms with E-state index < -0.39 is 56.2 Å². The van der Waals surface area contributed by atoms with E-state index in [1.54, 1.807) is 14.2 Å². The monoisotopic (exact) mass is 674 g/mol. The molecule has 1 fully saturated rings. The molecule has 214 valence electrons. The van der Waals surface area contributed by atoms with Crippen molar-refractivity contribution in [2.75, 3.05) is 20.8 Å². The minimum atomic E-state index is -1.08. The van der Waals surface area contributed by atoms with Crippen LogP contribution in [0.5, 0.6) is 11.5 Å². The van der Waals surface area contributed by atoms with Crippen molar-refractivity contribution in [3.63, 3.8) is 0 Å². The number of benzene rings is 3. The van der Waals surface area contributed by atoms with Crippen molar-refractivity contribution in [1.29, 1.82) is 0 Å². The molecule has 1 aromatic heterocycles. The van der Waals surface area contributed by atoms with Gasteiger partial charge in [0.2, 0.25) is 0 Å². The van der Waals surface area contributed by atoms with Crippen LogP contribution in [0.2, 0.25) is 8.94 Å². The minimum absolute atomic E-state index is 0.0339. The van der Waals surface area contributed by atoms with Gasteiger partial charge in [0.1, 0.15) is 0 Å². The summed E-state index contributed by atoms with van der Waals surface area (Å²) in [6.07, 6.45) is -0.858. The molecule has 3 aromatic carbocycles. The maximum absolute atomic E-state index is 12.6. The zero-order chi connectivity index (χ0) is 29.0. The average Bonchev–Trinajstić information content (AvgIpc) is 3.33. The summed E-state index contributed by atoms with van der Waals surface area (Å²) in [6.45, 7) is 0.0339. The molecule has 0 spiro atoms. The Morgan fingerprint density at radius 3 is 1.95 bits per heavy atom. The number of hydrogen-bond acceptors (Lipinski definition) is 7. The first-order valence-electron chi connectivity index (χ1n) is 13.1. The third-order valence-electron chi connectivity index (χ3n) is 7.35. The predicted octanol–water partition coefficient (Wildman–Crippen LogP) is 3.36. The van der Waals surface area contributed by atoms with Crippen molar-refractivity contribution in [1.82, 2.24) is 9.55 Å². The second-order valence-corrected chi connectivity index (χ2v) is 12.5. The normalized spacial score (nSPS) is 20.6. The van der Waals surface area contributed by atoms with Gasteiger partial charge >= 0.3 is 248 Å². The number of hydrogen-bond donors (Lipinski definition) is 2. The van der Waals surface area contributed by atoms with E-state index in [4.69, 9.17) is 18.9 Å². The van der Waals surface area contributed by atoms with Crippen LogP contribution in [0.3, 0.4) is 0 Å². The Morgan fingerprint density at radius 1 is 0.878 bits per heavy atom. The van der Waals surface area contributed by atoms with E-state index in [2.05, 4.69) is 9.96 Å². The predicted molar refractivity (Wildman–Crippen MR) is 155 cm³/mol. The number of nitrogens with one attached hydrogen (secondary N) is 1. The number of aromatic amines is 1. The molecule has 0 aliphatic carbocycles. The Kier molecular flexibility index (Phi) is 8.97. The number of ether oxygens (including phenoxy) is 4. The van der Waals surface area contributed by atoms with Gasteiger partial charge in [-0.25, -0.2) is 0 Å². The van der Waals surface area contributed by atoms with Crippen molar-refractivity contribution in [3.8, 4) is 11.5 Å². The van der Waals surface area contributed by atoms with Gasteiger partial charge in [0.15, 0.2) is 0 Å². The van der Waals surface area contributed by atoms with Gasteiger partial charge in [0.25, 0.3) is 0 Å². The molecule has 0 bridgehead atoms. The van der Waals surface area contributed by atoms with E-state index >= 15 is 0 Å². The Hall–Kier alpha value is -3.39. The molecule has 1 aliphatic heterocycles. The van der Waals surface area contributed by atoms with Gasteiger partial charge in [-0.15, -0.1) is 0 Å². The van der Waals surface area contributed by atoms with Gasteiger partial charge in [-0.2, -0.15) is 0 Å². The summed E-state index contributed by atoms with van der Waals surface area (Å²) in [7, 11) is 3.24. The molecule has 0 saturated carbocycles. The van der Waals surface area contributed by atoms with E-state index in [0.29, 0.717) is 11.5 Å². The van der Waals surface area contributed by atoms with E-state index in [1.165, 1.54) is 16.8 Å². The molecule has 41 heavy (non-hydrogen) atoms. The van der Waals surface area contributed by atoms with Gasteiger partial charge < -0.3 is 0 Å². The molecular weight excluding hydrogens is 640 g/mol. The first-order valence-corrected chi connectivity index (χ1v) is 16.7. The molecule has 1 aliphatic rings. The third kappa shape index (κ3) is 5.71. The van der Waals surface area contributed by atoms with Gasteiger partial charge in [-0.3, -0.25) is 0 Å². The fourth-order valence-electron chi connectivity index (χ4n) is 5.24. The van der Waals surface area contributed by atoms with Gasteiger partial charge in [0.05, 0.1) is 0 Å². The Labute approximate surface area is 247 Å². The summed E-state index contributed by atoms with van der Waals surface area (Å²) in [5.74, 6) is 1.43. The topological polar surface area (TPSA) is 112 Å². The van der Waals surface area contributed by atoms with Crippen molar-refractivity contribution >= 4 is 20.9 Å². The van der Waals surface area contributed by atoms with Gasteiger partial charge in [-0.05, 0) is 0 Å². The zero-order valence-corrected chi connectivity index (χ0v) is 25.3. The fourth-order valence-corrected chi connectivity index (χ4v) is 7.76. The van der Waals surface area contributed by atoms with Crippen LogP contribution >= 0.6 is 0 Å². The van der Waals surface area contributed by atoms with Crippen LogP contribution in [0.4, 0.5) is 0 Å². The summed E-state index contributed by atoms with van der Waals surface area (Å²) < 4.78 is 25.2. The summed E-state index contributed by atoms with van der Waals surface area (Å²) >= 11 is -0.745. The number of aliphatic hydroxyl groups excluding tert-OH is 1. The van der Waals surface area contributed by atoms with Crippen molar-refractivity contribution in [2.45, 2.75) is 33.0 Å². The molecule has 0 radical (unpaired) electrons. The van der Waals surface area contributed by atoms with Crippen LogP contribution in [0.15, 0.2) is 101 Å². The number of methoxy groups -OCH3 is 2. The second-order valence-electron chi connectivity index (χ2n) is 9.59. The van der Waals surface area contributed by atoms with Crippen molar-refractivity contribution in [2.24, 2.45) is 0 Å². The van der Waals surface area contributed by atoms with Gasteiger partial charge in [0, 0.05) is 0 Å². The molecule has 4 atom stereocenters. The van der Waals surface area contributed by atoms with Crippen LogP contribution in [0.1, 0.15) is 22.9 Å². The number of H-pyrrole nitrogens is 1. The van der Waals surface area contributed by atoms with E-state index in [1.807, 2.05) is 78.9 Å². The van der Waals surface area contributed by atoms with Crippen LogP contribution in [-0.2, 0) is 15.1 Å². The van der Waals surface area contributed by atoms with Crippen LogP contribution in [0, 0.1) is 0 Å². The molecule has 2 N–H and O–H groups in total. The molecule has 4 aromatic rings. The fraction of sp³-hybridized carbons (Fsp3) is 0.290. The Morgan fingerprint density at radius 2 is 1.44 bits per heavy atom. The van der Waals surface area contributed by atoms with Crippen molar-refractivity contribution < 1.29 is 24.1 Å². The average molecular weight is 672 g/mol. The standard InChI is InChI=1S/C31H32N2O7Te/c1-37-23-13-9-21(10-14-23)31(20-7-5-4-6-8-20,22-11-15-24(38-2)16-12-22)39-19-25-27(35)28(41-3)29(40-25)33-18-17-26(34)32-30(33)36/h4-18,25,27-29,35H,19H2,1-3H3,(H,32,34,36)/t25-,27-,28-,29-/m1/s1. The molecule has 10 heteroatoms. The van der Waals surface area contributed by atoms with E-state index in [-0.39, 0.29) is 10.6 Å². The number of rotatable bonds is 10. The Balaban J connectivity index is 1.57. The maximum atomic E-state index is 12.6. The molecule has 0 amide bonds. The molecule has 9 nitrogen and oxygen atoms in total. The molecule has 0 unspecified atom stereocenters. The summed E-state index contributed by atoms with van der Waals surface area (Å²) in [5, 5.41) is 11.4. The SMILES string of the molecule is COc1ccc(C(OC[C@H]2O[C@@H](n3ccc(=O)[nH]c3=O)[C@H]([Te]C)[C@@H]2O)(c2ccccc2)c2ccc(OC)cc2)cc1. The summed E-state index contributed by atoms with van der Waals surface area (Å²) in [4.78, 5) is 28.6. The number of nitrogens with zero attached hydrogens (tertiary/aromatic N) is 1. The molecule has 1 saturated heterocycles. The third-order valence-corrected chi connectivity index (χ3v) is 10.4. The van der Waals surface area contributed by atoms with Crippen LogP contribution in [0.25, 0.3) is 0 Å². The molecule has 5 rings (SSSR count). The first-order chi connectivity index (χ1) is 19.9. The molecule has 2 heterocycles. The van der Waals surface area contributed by atoms with E-state index in [9.17, 15) is 14.7 Å². The van der Waals surface area contributed by atoms with E-state index in [0.717, 1.165) is 16.7 Å².